The van der Waals surface area contributed by atoms with Gasteiger partial charge in [0.25, 0.3) is 0 Å². The summed E-state index contributed by atoms with van der Waals surface area (Å²) in [5.74, 6) is 1.25. The Balaban J connectivity index is 2.82. The van der Waals surface area contributed by atoms with Crippen LogP contribution in [-0.2, 0) is 22.3 Å². The number of aliphatic imine (C=N–C) groups is 1. The maximum atomic E-state index is 11.7. The van der Waals surface area contributed by atoms with E-state index in [1.165, 1.54) is 7.05 Å². The molecule has 1 aromatic carbocycles. The summed E-state index contributed by atoms with van der Waals surface area (Å²) in [5.41, 5.74) is 1.73. The van der Waals surface area contributed by atoms with Crippen LogP contribution in [0.5, 0.6) is 0 Å². The number of sulfonamides is 1. The van der Waals surface area contributed by atoms with E-state index < -0.39 is 10.0 Å². The quantitative estimate of drug-likeness (QED) is 0.491. The summed E-state index contributed by atoms with van der Waals surface area (Å²) in [6.45, 7) is 9.76. The van der Waals surface area contributed by atoms with Crippen molar-refractivity contribution in [2.24, 2.45) is 10.9 Å². The highest BCUT2D eigenvalue weighted by Crippen LogP contribution is 2.10. The fourth-order valence-electron chi connectivity index (χ4n) is 1.98. The number of hydrogen-bond acceptors (Lipinski definition) is 3. The SMILES string of the molecule is CCNC(=NCc1cccc(CS(=O)(=O)NC)c1)NC(C)C(C)C. The van der Waals surface area contributed by atoms with Gasteiger partial charge in [0.2, 0.25) is 10.0 Å². The van der Waals surface area contributed by atoms with Gasteiger partial charge in [0.15, 0.2) is 5.96 Å². The molecule has 136 valence electrons. The van der Waals surface area contributed by atoms with Crippen LogP contribution in [0.15, 0.2) is 29.3 Å². The summed E-state index contributed by atoms with van der Waals surface area (Å²) in [6.07, 6.45) is 0. The van der Waals surface area contributed by atoms with Gasteiger partial charge in [-0.1, -0.05) is 38.1 Å². The number of hydrogen-bond donors (Lipinski definition) is 3. The minimum Gasteiger partial charge on any atom is -0.357 e. The number of nitrogens with one attached hydrogen (secondary N) is 3. The molecule has 0 spiro atoms. The van der Waals surface area contributed by atoms with E-state index in [1.54, 1.807) is 0 Å². The molecule has 0 bridgehead atoms. The molecule has 24 heavy (non-hydrogen) atoms. The first-order valence-corrected chi connectivity index (χ1v) is 9.96. The lowest BCUT2D eigenvalue weighted by Crippen LogP contribution is -2.44. The van der Waals surface area contributed by atoms with Crippen LogP contribution < -0.4 is 15.4 Å². The monoisotopic (exact) mass is 354 g/mol. The molecule has 0 saturated carbocycles. The van der Waals surface area contributed by atoms with E-state index in [-0.39, 0.29) is 5.75 Å². The summed E-state index contributed by atoms with van der Waals surface area (Å²) >= 11 is 0. The van der Waals surface area contributed by atoms with Crippen LogP contribution in [0.4, 0.5) is 0 Å². The molecule has 0 aliphatic heterocycles. The van der Waals surface area contributed by atoms with Crippen molar-refractivity contribution in [2.45, 2.75) is 46.0 Å². The molecule has 0 fully saturated rings. The number of benzene rings is 1. The van der Waals surface area contributed by atoms with Gasteiger partial charge in [0, 0.05) is 12.6 Å². The Hall–Kier alpha value is -1.60. The second-order valence-electron chi connectivity index (χ2n) is 6.16. The van der Waals surface area contributed by atoms with E-state index in [0.717, 1.165) is 23.6 Å². The van der Waals surface area contributed by atoms with Crippen LogP contribution in [0.1, 0.15) is 38.8 Å². The predicted molar refractivity (Wildman–Crippen MR) is 100 cm³/mol. The van der Waals surface area contributed by atoms with Gasteiger partial charge in [-0.3, -0.25) is 0 Å². The number of nitrogens with zero attached hydrogens (tertiary/aromatic N) is 1. The van der Waals surface area contributed by atoms with E-state index in [4.69, 9.17) is 0 Å². The Kier molecular flexibility index (Phi) is 8.21. The summed E-state index contributed by atoms with van der Waals surface area (Å²) in [6, 6.07) is 7.83. The predicted octanol–water partition coefficient (Wildman–Crippen LogP) is 1.84. The smallest absolute Gasteiger partial charge is 0.215 e. The van der Waals surface area contributed by atoms with Crippen molar-refractivity contribution in [3.05, 3.63) is 35.4 Å². The first-order chi connectivity index (χ1) is 11.3. The lowest BCUT2D eigenvalue weighted by atomic mass is 10.1. The van der Waals surface area contributed by atoms with Crippen molar-refractivity contribution >= 4 is 16.0 Å². The Labute approximate surface area is 146 Å². The molecule has 1 aromatic rings. The first-order valence-electron chi connectivity index (χ1n) is 8.31. The van der Waals surface area contributed by atoms with E-state index in [2.05, 4.69) is 41.1 Å². The third-order valence-corrected chi connectivity index (χ3v) is 5.12. The largest absolute Gasteiger partial charge is 0.357 e. The van der Waals surface area contributed by atoms with Crippen molar-refractivity contribution in [1.82, 2.24) is 15.4 Å². The molecule has 7 heteroatoms. The second kappa shape index (κ2) is 9.64. The van der Waals surface area contributed by atoms with Crippen LogP contribution in [0.2, 0.25) is 0 Å². The van der Waals surface area contributed by atoms with Gasteiger partial charge in [0.05, 0.1) is 12.3 Å². The lowest BCUT2D eigenvalue weighted by molar-refractivity contribution is 0.481. The van der Waals surface area contributed by atoms with Crippen LogP contribution >= 0.6 is 0 Å². The highest BCUT2D eigenvalue weighted by atomic mass is 32.2. The minimum atomic E-state index is -3.27. The van der Waals surface area contributed by atoms with Gasteiger partial charge in [0.1, 0.15) is 0 Å². The maximum absolute atomic E-state index is 11.7. The molecular weight excluding hydrogens is 324 g/mol. The Morgan fingerprint density at radius 2 is 1.88 bits per heavy atom. The van der Waals surface area contributed by atoms with Crippen LogP contribution in [0.3, 0.4) is 0 Å². The van der Waals surface area contributed by atoms with Gasteiger partial charge < -0.3 is 10.6 Å². The van der Waals surface area contributed by atoms with Gasteiger partial charge in [-0.15, -0.1) is 0 Å². The molecule has 3 N–H and O–H groups in total. The molecule has 1 unspecified atom stereocenters. The lowest BCUT2D eigenvalue weighted by Gasteiger charge is -2.20. The molecule has 0 aromatic heterocycles. The maximum Gasteiger partial charge on any atom is 0.215 e. The van der Waals surface area contributed by atoms with Crippen molar-refractivity contribution in [2.75, 3.05) is 13.6 Å². The zero-order chi connectivity index (χ0) is 18.2. The minimum absolute atomic E-state index is 0.0241. The van der Waals surface area contributed by atoms with E-state index in [9.17, 15) is 8.42 Å². The fourth-order valence-corrected chi connectivity index (χ4v) is 2.74. The Bertz CT molecular complexity index is 642. The van der Waals surface area contributed by atoms with Gasteiger partial charge in [-0.25, -0.2) is 18.1 Å². The molecule has 0 saturated heterocycles. The summed E-state index contributed by atoms with van der Waals surface area (Å²) in [4.78, 5) is 4.59. The zero-order valence-corrected chi connectivity index (χ0v) is 16.1. The molecule has 0 aliphatic rings. The normalized spacial score (nSPS) is 13.8. The molecule has 0 heterocycles. The van der Waals surface area contributed by atoms with Crippen molar-refractivity contribution in [1.29, 1.82) is 0 Å². The standard InChI is InChI=1S/C17H30N4O2S/c1-6-19-17(21-14(4)13(2)3)20-11-15-8-7-9-16(10-15)12-24(22,23)18-5/h7-10,13-14,18H,6,11-12H2,1-5H3,(H2,19,20,21). The number of guanidine groups is 1. The van der Waals surface area contributed by atoms with Crippen molar-refractivity contribution < 1.29 is 8.42 Å². The molecule has 0 amide bonds. The van der Waals surface area contributed by atoms with Crippen LogP contribution in [0, 0.1) is 5.92 Å². The topological polar surface area (TPSA) is 82.6 Å². The highest BCUT2D eigenvalue weighted by Gasteiger charge is 2.10. The zero-order valence-electron chi connectivity index (χ0n) is 15.3. The van der Waals surface area contributed by atoms with E-state index >= 15 is 0 Å². The average Bonchev–Trinajstić information content (AvgIpc) is 2.52. The van der Waals surface area contributed by atoms with E-state index in [0.29, 0.717) is 18.5 Å². The fraction of sp³-hybridized carbons (Fsp3) is 0.588. The van der Waals surface area contributed by atoms with Crippen molar-refractivity contribution in [3.63, 3.8) is 0 Å². The first kappa shape index (κ1) is 20.4. The molecule has 6 nitrogen and oxygen atoms in total. The second-order valence-corrected chi connectivity index (χ2v) is 8.08. The number of rotatable bonds is 8. The van der Waals surface area contributed by atoms with Gasteiger partial charge in [-0.2, -0.15) is 0 Å². The Morgan fingerprint density at radius 1 is 1.21 bits per heavy atom. The third kappa shape index (κ3) is 7.31. The summed E-state index contributed by atoms with van der Waals surface area (Å²) in [5, 5.41) is 6.62. The highest BCUT2D eigenvalue weighted by molar-refractivity contribution is 7.88. The van der Waals surface area contributed by atoms with E-state index in [1.807, 2.05) is 31.2 Å². The summed E-state index contributed by atoms with van der Waals surface area (Å²) < 4.78 is 25.6. The van der Waals surface area contributed by atoms with Gasteiger partial charge in [-0.05, 0) is 37.9 Å². The Morgan fingerprint density at radius 3 is 2.46 bits per heavy atom. The molecule has 0 aliphatic carbocycles. The molecule has 1 rings (SSSR count). The van der Waals surface area contributed by atoms with Crippen molar-refractivity contribution in [3.8, 4) is 0 Å². The molecule has 0 radical (unpaired) electrons. The molecule has 1 atom stereocenters. The third-order valence-electron chi connectivity index (χ3n) is 3.79. The van der Waals surface area contributed by atoms with Crippen LogP contribution in [0.25, 0.3) is 0 Å². The average molecular weight is 355 g/mol. The molecular formula is C17H30N4O2S. The van der Waals surface area contributed by atoms with Crippen LogP contribution in [-0.4, -0.2) is 34.0 Å². The summed E-state index contributed by atoms with van der Waals surface area (Å²) in [7, 11) is -1.84. The van der Waals surface area contributed by atoms with Gasteiger partial charge >= 0.3 is 0 Å².